The molecule has 2 N–H and O–H groups in total. The minimum atomic E-state index is -0.00978. The number of methoxy groups -OCH3 is 1. The second-order valence-electron chi connectivity index (χ2n) is 4.87. The van der Waals surface area contributed by atoms with Crippen molar-refractivity contribution < 1.29 is 9.53 Å². The molecule has 22 heavy (non-hydrogen) atoms. The topological polar surface area (TPSA) is 63.2 Å². The summed E-state index contributed by atoms with van der Waals surface area (Å²) in [5.74, 6) is 0.830. The fraction of sp³-hybridized carbons (Fsp3) is 0.294. The normalized spacial score (nSPS) is 10.2. The van der Waals surface area contributed by atoms with Gasteiger partial charge in [-0.05, 0) is 36.2 Å². The maximum Gasteiger partial charge on any atom is 0.233 e. The third kappa shape index (κ3) is 5.54. The highest BCUT2D eigenvalue weighted by Gasteiger charge is 2.01. The molecule has 0 aliphatic carbocycles. The second-order valence-corrected chi connectivity index (χ2v) is 4.87. The van der Waals surface area contributed by atoms with E-state index >= 15 is 0 Å². The molecule has 0 unspecified atom stereocenters. The van der Waals surface area contributed by atoms with Crippen LogP contribution >= 0.6 is 0 Å². The van der Waals surface area contributed by atoms with E-state index in [2.05, 4.69) is 15.6 Å². The van der Waals surface area contributed by atoms with Crippen molar-refractivity contribution in [3.63, 3.8) is 0 Å². The smallest absolute Gasteiger partial charge is 0.233 e. The van der Waals surface area contributed by atoms with E-state index < -0.39 is 0 Å². The van der Waals surface area contributed by atoms with Gasteiger partial charge < -0.3 is 15.4 Å². The zero-order valence-corrected chi connectivity index (χ0v) is 12.7. The third-order valence-corrected chi connectivity index (χ3v) is 3.21. The van der Waals surface area contributed by atoms with E-state index in [9.17, 15) is 4.79 Å². The summed E-state index contributed by atoms with van der Waals surface area (Å²) in [7, 11) is 1.65. The van der Waals surface area contributed by atoms with Crippen LogP contribution in [0.3, 0.4) is 0 Å². The summed E-state index contributed by atoms with van der Waals surface area (Å²) < 4.78 is 5.11. The van der Waals surface area contributed by atoms with E-state index in [0.717, 1.165) is 17.9 Å². The van der Waals surface area contributed by atoms with Crippen molar-refractivity contribution in [1.82, 2.24) is 15.6 Å². The average Bonchev–Trinajstić information content (AvgIpc) is 2.56. The molecule has 2 rings (SSSR count). The third-order valence-electron chi connectivity index (χ3n) is 3.21. The molecule has 0 radical (unpaired) electrons. The van der Waals surface area contributed by atoms with E-state index in [1.165, 1.54) is 5.56 Å². The Labute approximate surface area is 130 Å². The van der Waals surface area contributed by atoms with Crippen molar-refractivity contribution in [2.75, 3.05) is 20.2 Å². The fourth-order valence-corrected chi connectivity index (χ4v) is 2.01. The summed E-state index contributed by atoms with van der Waals surface area (Å²) in [6.45, 7) is 1.50. The van der Waals surface area contributed by atoms with Crippen LogP contribution in [-0.2, 0) is 17.8 Å². The number of benzene rings is 1. The van der Waals surface area contributed by atoms with Crippen LogP contribution in [0.15, 0.2) is 48.7 Å². The lowest BCUT2D eigenvalue weighted by atomic mass is 10.1. The summed E-state index contributed by atoms with van der Waals surface area (Å²) in [5.41, 5.74) is 2.09. The Hall–Kier alpha value is -2.40. The van der Waals surface area contributed by atoms with Gasteiger partial charge in [-0.15, -0.1) is 0 Å². The highest BCUT2D eigenvalue weighted by molar-refractivity contribution is 5.77. The molecule has 1 amide bonds. The van der Waals surface area contributed by atoms with Gasteiger partial charge in [0.05, 0.1) is 19.3 Å². The number of amides is 1. The van der Waals surface area contributed by atoms with Gasteiger partial charge in [0.25, 0.3) is 0 Å². The quantitative estimate of drug-likeness (QED) is 0.776. The van der Waals surface area contributed by atoms with E-state index in [1.807, 2.05) is 42.5 Å². The number of nitrogens with zero attached hydrogens (tertiary/aromatic N) is 1. The molecule has 116 valence electrons. The molecule has 2 aromatic rings. The minimum Gasteiger partial charge on any atom is -0.497 e. The zero-order chi connectivity index (χ0) is 15.6. The van der Waals surface area contributed by atoms with Crippen LogP contribution in [0.1, 0.15) is 11.3 Å². The molecular formula is C17H21N3O2. The van der Waals surface area contributed by atoms with Gasteiger partial charge in [-0.1, -0.05) is 18.2 Å². The van der Waals surface area contributed by atoms with Crippen LogP contribution in [0.2, 0.25) is 0 Å². The number of aromatic nitrogens is 1. The molecule has 0 aliphatic rings. The van der Waals surface area contributed by atoms with Crippen molar-refractivity contribution in [1.29, 1.82) is 0 Å². The second kappa shape index (κ2) is 8.79. The Balaban J connectivity index is 1.61. The van der Waals surface area contributed by atoms with Crippen LogP contribution in [-0.4, -0.2) is 31.1 Å². The lowest BCUT2D eigenvalue weighted by molar-refractivity contribution is -0.120. The number of rotatable bonds is 8. The van der Waals surface area contributed by atoms with E-state index in [0.29, 0.717) is 19.6 Å². The first-order valence-corrected chi connectivity index (χ1v) is 7.28. The van der Waals surface area contributed by atoms with Crippen LogP contribution in [0.5, 0.6) is 5.75 Å². The maximum atomic E-state index is 11.7. The first-order chi connectivity index (χ1) is 10.8. The molecule has 5 heteroatoms. The SMILES string of the molecule is COc1ccc(CCNC(=O)CNCc2ccccn2)cc1. The predicted molar refractivity (Wildman–Crippen MR) is 85.7 cm³/mol. The van der Waals surface area contributed by atoms with Gasteiger partial charge in [-0.25, -0.2) is 0 Å². The number of hydrogen-bond acceptors (Lipinski definition) is 4. The molecule has 0 atom stereocenters. The molecule has 0 aliphatic heterocycles. The molecular weight excluding hydrogens is 278 g/mol. The first kappa shape index (κ1) is 16.0. The standard InChI is InChI=1S/C17H21N3O2/c1-22-16-7-5-14(6-8-16)9-11-20-17(21)13-18-12-15-4-2-3-10-19-15/h2-8,10,18H,9,11-13H2,1H3,(H,20,21). The molecule has 1 aromatic heterocycles. The van der Waals surface area contributed by atoms with Crippen LogP contribution in [0.4, 0.5) is 0 Å². The minimum absolute atomic E-state index is 0.00978. The number of nitrogens with one attached hydrogen (secondary N) is 2. The summed E-state index contributed by atoms with van der Waals surface area (Å²) in [6, 6.07) is 13.6. The fourth-order valence-electron chi connectivity index (χ4n) is 2.01. The number of pyridine rings is 1. The molecule has 0 saturated heterocycles. The molecule has 0 fully saturated rings. The van der Waals surface area contributed by atoms with Gasteiger partial charge in [0.1, 0.15) is 5.75 Å². The van der Waals surface area contributed by atoms with Crippen LogP contribution in [0.25, 0.3) is 0 Å². The predicted octanol–water partition coefficient (Wildman–Crippen LogP) is 1.54. The highest BCUT2D eigenvalue weighted by atomic mass is 16.5. The van der Waals surface area contributed by atoms with Crippen LogP contribution in [0, 0.1) is 0 Å². The van der Waals surface area contributed by atoms with Crippen molar-refractivity contribution in [3.05, 3.63) is 59.9 Å². The Morgan fingerprint density at radius 3 is 2.68 bits per heavy atom. The molecule has 0 saturated carbocycles. The van der Waals surface area contributed by atoms with Crippen molar-refractivity contribution in [3.8, 4) is 5.75 Å². The number of ether oxygens (including phenoxy) is 1. The van der Waals surface area contributed by atoms with E-state index in [-0.39, 0.29) is 5.91 Å². The Bertz CT molecular complexity index is 570. The Morgan fingerprint density at radius 1 is 1.18 bits per heavy atom. The monoisotopic (exact) mass is 299 g/mol. The molecule has 0 spiro atoms. The highest BCUT2D eigenvalue weighted by Crippen LogP contribution is 2.11. The zero-order valence-electron chi connectivity index (χ0n) is 12.7. The average molecular weight is 299 g/mol. The lowest BCUT2D eigenvalue weighted by Crippen LogP contribution is -2.34. The molecule has 5 nitrogen and oxygen atoms in total. The van der Waals surface area contributed by atoms with Gasteiger partial charge in [-0.3, -0.25) is 9.78 Å². The van der Waals surface area contributed by atoms with Gasteiger partial charge in [0, 0.05) is 19.3 Å². The lowest BCUT2D eigenvalue weighted by Gasteiger charge is -2.07. The first-order valence-electron chi connectivity index (χ1n) is 7.28. The van der Waals surface area contributed by atoms with Gasteiger partial charge in [0.15, 0.2) is 0 Å². The molecule has 0 bridgehead atoms. The summed E-state index contributed by atoms with van der Waals surface area (Å²) >= 11 is 0. The maximum absolute atomic E-state index is 11.7. The van der Waals surface area contributed by atoms with E-state index in [1.54, 1.807) is 13.3 Å². The van der Waals surface area contributed by atoms with E-state index in [4.69, 9.17) is 4.74 Å². The van der Waals surface area contributed by atoms with Gasteiger partial charge >= 0.3 is 0 Å². The summed E-state index contributed by atoms with van der Waals surface area (Å²) in [6.07, 6.45) is 2.54. The Morgan fingerprint density at radius 2 is 2.00 bits per heavy atom. The van der Waals surface area contributed by atoms with Crippen molar-refractivity contribution >= 4 is 5.91 Å². The Kier molecular flexibility index (Phi) is 6.39. The summed E-state index contributed by atoms with van der Waals surface area (Å²) in [5, 5.41) is 5.97. The van der Waals surface area contributed by atoms with Crippen LogP contribution < -0.4 is 15.4 Å². The summed E-state index contributed by atoms with van der Waals surface area (Å²) in [4.78, 5) is 15.9. The van der Waals surface area contributed by atoms with Crippen molar-refractivity contribution in [2.24, 2.45) is 0 Å². The van der Waals surface area contributed by atoms with Gasteiger partial charge in [0.2, 0.25) is 5.91 Å². The molecule has 1 aromatic carbocycles. The van der Waals surface area contributed by atoms with Gasteiger partial charge in [-0.2, -0.15) is 0 Å². The molecule has 1 heterocycles. The largest absolute Gasteiger partial charge is 0.497 e. The number of carbonyl (C=O) groups excluding carboxylic acids is 1. The number of carbonyl (C=O) groups is 1. The van der Waals surface area contributed by atoms with Crippen molar-refractivity contribution in [2.45, 2.75) is 13.0 Å². The number of hydrogen-bond donors (Lipinski definition) is 2.